The van der Waals surface area contributed by atoms with Crippen LogP contribution in [0.5, 0.6) is 0 Å². The van der Waals surface area contributed by atoms with E-state index in [-0.39, 0.29) is 43.8 Å². The standard InChI is InChI=1S/C114H102N8/c1-107-51-15-19-55-111(107,5)119(77-43-59-115-60-44-77)93-39-27-73(67-89(93)107)81-31-35-85-101-86(36-32-82(99(81)101)74-28-40-94-90(68-74)108(2)52-16-20-56-112(108,6)120(94)78-45-61-116-62-46-78)104-98(72-25-13-10-14-26-72)106-88-38-34-84(76-30-42-96-92(70-76)110(4)54-18-22-58-114(110,8)122(96)80-49-65-118-66-50-80)100-83(33-37-87(102(88)100)105(106)97(103(85)104)71-23-11-9-12-24-71)75-29-41-95-91(69-75)109(3)53-17-21-57-113(109,7)121(95)79-47-63-117-64-48-79/h9-14,23-50,59-70H,15-22,51-58H2,1-8H3. The van der Waals surface area contributed by atoms with Gasteiger partial charge in [-0.1, -0.05) is 213 Å². The van der Waals surface area contributed by atoms with Crippen LogP contribution in [-0.4, -0.2) is 42.1 Å². The van der Waals surface area contributed by atoms with E-state index < -0.39 is 0 Å². The van der Waals surface area contributed by atoms with Gasteiger partial charge in [-0.3, -0.25) is 19.9 Å². The van der Waals surface area contributed by atoms with Gasteiger partial charge >= 0.3 is 0 Å². The maximum Gasteiger partial charge on any atom is 0.0517 e. The Bertz CT molecular complexity index is 6390. The number of nitrogens with zero attached hydrogens (tertiary/aromatic N) is 8. The van der Waals surface area contributed by atoms with Gasteiger partial charge < -0.3 is 19.6 Å². The third-order valence-corrected chi connectivity index (χ3v) is 34.4. The first-order valence-corrected chi connectivity index (χ1v) is 45.5. The summed E-state index contributed by atoms with van der Waals surface area (Å²) in [5, 5.41) is 15.7. The SMILES string of the molecule is CC12CCCCC1(C)N(c1ccncc1)c1ccc(-c3ccc4c5c(-c6ccccc6)c6c7ccc(-c8ccc9c(c8)C8(C)CCCCC8(C)N9c8ccncc8)c8c(-c9ccc%10c(c9)C9(C)CCCCC9(C)N%10c9ccncc9)ccc(c6c(-c6ccccc6)c5c5ccc(-c6ccc9c(c6)C6(C)CCCCC6(C)N9c6ccncc6)c3c45)c87)cc12. The Morgan fingerprint density at radius 3 is 0.680 bits per heavy atom. The summed E-state index contributed by atoms with van der Waals surface area (Å²) in [5.41, 5.74) is 30.2. The lowest BCUT2D eigenvalue weighted by molar-refractivity contribution is 0.195. The highest BCUT2D eigenvalue weighted by atomic mass is 15.3. The Morgan fingerprint density at radius 2 is 0.443 bits per heavy atom. The molecule has 0 spiro atoms. The number of hydrogen-bond donors (Lipinski definition) is 0. The van der Waals surface area contributed by atoms with Gasteiger partial charge in [0.05, 0.1) is 22.2 Å². The Morgan fingerprint density at radius 1 is 0.213 bits per heavy atom. The first-order valence-electron chi connectivity index (χ1n) is 45.5. The molecule has 0 bridgehead atoms. The largest absolute Gasteiger partial charge is 0.334 e. The molecule has 0 radical (unpaired) electrons. The molecule has 8 unspecified atom stereocenters. The first-order chi connectivity index (χ1) is 59.5. The van der Waals surface area contributed by atoms with E-state index >= 15 is 0 Å². The molecule has 17 aromatic rings. The van der Waals surface area contributed by atoms with Gasteiger partial charge in [-0.05, 0) is 330 Å². The van der Waals surface area contributed by atoms with Gasteiger partial charge in [0.1, 0.15) is 0 Å². The summed E-state index contributed by atoms with van der Waals surface area (Å²) in [6, 6.07) is 92.0. The molecule has 0 saturated heterocycles. The fraction of sp³-hybridized carbons (Fsp3) is 0.281. The molecule has 8 nitrogen and oxygen atoms in total. The van der Waals surface area contributed by atoms with E-state index in [1.54, 1.807) is 0 Å². The van der Waals surface area contributed by atoms with Crippen LogP contribution in [0.2, 0.25) is 0 Å². The minimum absolute atomic E-state index is 0.106. The Labute approximate surface area is 716 Å². The lowest BCUT2D eigenvalue weighted by Crippen LogP contribution is -2.54. The quantitative estimate of drug-likeness (QED) is 0.134. The zero-order valence-corrected chi connectivity index (χ0v) is 71.4. The fourth-order valence-corrected chi connectivity index (χ4v) is 27.6. The molecule has 25 rings (SSSR count). The van der Waals surface area contributed by atoms with E-state index in [0.717, 1.165) is 51.4 Å². The number of benzene rings is 11. The van der Waals surface area contributed by atoms with E-state index in [1.807, 2.05) is 49.6 Å². The van der Waals surface area contributed by atoms with Gasteiger partial charge in [0.15, 0.2) is 0 Å². The average Bonchev–Trinajstić information content (AvgIpc) is 1.49. The van der Waals surface area contributed by atoms with Gasteiger partial charge in [0.2, 0.25) is 0 Å². The van der Waals surface area contributed by atoms with Crippen molar-refractivity contribution < 1.29 is 0 Å². The molecule has 8 heterocycles. The van der Waals surface area contributed by atoms with Crippen molar-refractivity contribution in [2.75, 3.05) is 19.6 Å². The van der Waals surface area contributed by atoms with Crippen molar-refractivity contribution in [2.24, 2.45) is 0 Å². The zero-order valence-electron chi connectivity index (χ0n) is 71.4. The normalized spacial score (nSPS) is 25.7. The summed E-state index contributed by atoms with van der Waals surface area (Å²) in [4.78, 5) is 29.0. The molecule has 4 fully saturated rings. The van der Waals surface area contributed by atoms with E-state index in [9.17, 15) is 0 Å². The summed E-state index contributed by atoms with van der Waals surface area (Å²) in [6.45, 7) is 20.6. The zero-order chi connectivity index (χ0) is 81.8. The number of fused-ring (bicyclic) bond motifs is 18. The third-order valence-electron chi connectivity index (χ3n) is 34.4. The van der Waals surface area contributed by atoms with Crippen LogP contribution in [0.25, 0.3) is 131 Å². The number of aromatic nitrogens is 4. The Kier molecular flexibility index (Phi) is 15.3. The Hall–Kier alpha value is -12.3. The highest BCUT2D eigenvalue weighted by molar-refractivity contribution is 6.48. The van der Waals surface area contributed by atoms with Crippen molar-refractivity contribution in [3.8, 4) is 66.8 Å². The fourth-order valence-electron chi connectivity index (χ4n) is 27.6. The molecular weight excluding hydrogens is 1480 g/mol. The van der Waals surface area contributed by atoms with Gasteiger partial charge in [-0.2, -0.15) is 0 Å². The van der Waals surface area contributed by atoms with E-state index in [1.165, 1.54) is 251 Å². The maximum atomic E-state index is 4.56. The van der Waals surface area contributed by atoms with E-state index in [0.29, 0.717) is 0 Å². The summed E-state index contributed by atoms with van der Waals surface area (Å²) in [6.07, 6.45) is 34.5. The highest BCUT2D eigenvalue weighted by Gasteiger charge is 2.62. The van der Waals surface area contributed by atoms with Crippen LogP contribution in [-0.2, 0) is 21.7 Å². The van der Waals surface area contributed by atoms with Crippen LogP contribution in [0.4, 0.5) is 45.5 Å². The monoisotopic (exact) mass is 1580 g/mol. The van der Waals surface area contributed by atoms with Crippen LogP contribution >= 0.6 is 0 Å². The number of pyridine rings is 4. The summed E-state index contributed by atoms with van der Waals surface area (Å²) >= 11 is 0. The molecule has 598 valence electrons. The molecule has 4 aromatic heterocycles. The van der Waals surface area contributed by atoms with Crippen LogP contribution in [0.3, 0.4) is 0 Å². The molecule has 0 N–H and O–H groups in total. The smallest absolute Gasteiger partial charge is 0.0517 e. The van der Waals surface area contributed by atoms with Crippen molar-refractivity contribution in [3.63, 3.8) is 0 Å². The minimum Gasteiger partial charge on any atom is -0.334 e. The summed E-state index contributed by atoms with van der Waals surface area (Å²) in [7, 11) is 0. The average molecular weight is 1580 g/mol. The highest BCUT2D eigenvalue weighted by Crippen LogP contribution is 2.68. The summed E-state index contributed by atoms with van der Waals surface area (Å²) in [5.74, 6) is 0. The van der Waals surface area contributed by atoms with Gasteiger partial charge in [0.25, 0.3) is 0 Å². The van der Waals surface area contributed by atoms with Gasteiger partial charge in [-0.15, -0.1) is 0 Å². The molecule has 8 atom stereocenters. The third kappa shape index (κ3) is 9.28. The van der Waals surface area contributed by atoms with Crippen molar-refractivity contribution >= 4 is 110 Å². The Balaban J connectivity index is 0.795. The van der Waals surface area contributed by atoms with Crippen LogP contribution in [0.15, 0.2) is 280 Å². The maximum absolute atomic E-state index is 4.56. The molecule has 0 amide bonds. The second-order valence-electron chi connectivity index (χ2n) is 39.5. The van der Waals surface area contributed by atoms with Crippen molar-refractivity contribution in [2.45, 2.75) is 202 Å². The molecule has 122 heavy (non-hydrogen) atoms. The van der Waals surface area contributed by atoms with Gasteiger partial charge in [-0.25, -0.2) is 0 Å². The lowest BCUT2D eigenvalue weighted by Gasteiger charge is -2.50. The predicted molar refractivity (Wildman–Crippen MR) is 509 cm³/mol. The molecule has 8 heteroatoms. The first kappa shape index (κ1) is 72.5. The lowest BCUT2D eigenvalue weighted by atomic mass is 9.61. The topological polar surface area (TPSA) is 64.5 Å². The van der Waals surface area contributed by atoms with E-state index in [4.69, 9.17) is 0 Å². The summed E-state index contributed by atoms with van der Waals surface area (Å²) < 4.78 is 0. The molecule has 4 saturated carbocycles. The second kappa shape index (κ2) is 25.7. The molecule has 13 aromatic carbocycles. The molecular formula is C114H102N8. The number of hydrogen-bond acceptors (Lipinski definition) is 8. The van der Waals surface area contributed by atoms with Crippen molar-refractivity contribution in [3.05, 3.63) is 302 Å². The molecule has 8 aliphatic rings. The van der Waals surface area contributed by atoms with Crippen LogP contribution < -0.4 is 19.6 Å². The van der Waals surface area contributed by atoms with E-state index in [2.05, 4.69) is 325 Å². The van der Waals surface area contributed by atoms with Crippen molar-refractivity contribution in [1.82, 2.24) is 19.9 Å². The minimum atomic E-state index is -0.128. The second-order valence-corrected chi connectivity index (χ2v) is 39.5. The van der Waals surface area contributed by atoms with Gasteiger partial charge in [0, 0.05) is 117 Å². The van der Waals surface area contributed by atoms with Crippen molar-refractivity contribution in [1.29, 1.82) is 0 Å². The number of anilines is 8. The van der Waals surface area contributed by atoms with Crippen LogP contribution in [0, 0.1) is 0 Å². The molecule has 4 aliphatic heterocycles. The predicted octanol–water partition coefficient (Wildman–Crippen LogP) is 30.0. The number of rotatable bonds is 10. The molecule has 4 aliphatic carbocycles. The van der Waals surface area contributed by atoms with Crippen LogP contribution in [0.1, 0.15) is 180 Å².